The van der Waals surface area contributed by atoms with E-state index in [0.29, 0.717) is 12.3 Å². The van der Waals surface area contributed by atoms with Crippen LogP contribution in [0.15, 0.2) is 5.16 Å². The second-order valence-corrected chi connectivity index (χ2v) is 1.99. The number of esters is 1. The molecule has 0 atom stereocenters. The van der Waals surface area contributed by atoms with Gasteiger partial charge >= 0.3 is 5.97 Å². The normalized spacial score (nSPS) is 11.0. The van der Waals surface area contributed by atoms with Gasteiger partial charge in [-0.3, -0.25) is 4.79 Å². The fraction of sp³-hybridized carbons (Fsp3) is 0.714. The van der Waals surface area contributed by atoms with Crippen LogP contribution in [-0.4, -0.2) is 25.4 Å². The first kappa shape index (κ1) is 9.94. The fourth-order valence-electron chi connectivity index (χ4n) is 0.609. The summed E-state index contributed by atoms with van der Waals surface area (Å²) in [6, 6.07) is 0. The summed E-state index contributed by atoms with van der Waals surface area (Å²) < 4.78 is 4.68. The van der Waals surface area contributed by atoms with E-state index in [4.69, 9.17) is 0 Å². The maximum Gasteiger partial charge on any atom is 0.311 e. The van der Waals surface area contributed by atoms with Crippen molar-refractivity contribution in [3.05, 3.63) is 0 Å². The number of rotatable bonds is 4. The first-order valence-corrected chi connectivity index (χ1v) is 3.43. The molecule has 0 aromatic heterocycles. The molecule has 0 rings (SSSR count). The van der Waals surface area contributed by atoms with Gasteiger partial charge in [0.05, 0.1) is 18.7 Å². The molecule has 0 aliphatic heterocycles. The molecule has 64 valence electrons. The number of oxime groups is 1. The molecule has 0 radical (unpaired) electrons. The van der Waals surface area contributed by atoms with Gasteiger partial charge < -0.3 is 9.57 Å². The van der Waals surface area contributed by atoms with Gasteiger partial charge in [0.1, 0.15) is 7.11 Å². The topological polar surface area (TPSA) is 47.9 Å². The van der Waals surface area contributed by atoms with Crippen LogP contribution in [0.1, 0.15) is 20.3 Å². The predicted octanol–water partition coefficient (Wildman–Crippen LogP) is 0.962. The van der Waals surface area contributed by atoms with Crippen molar-refractivity contribution in [2.75, 3.05) is 13.7 Å². The van der Waals surface area contributed by atoms with Crippen molar-refractivity contribution in [1.82, 2.24) is 0 Å². The van der Waals surface area contributed by atoms with Crippen LogP contribution < -0.4 is 0 Å². The van der Waals surface area contributed by atoms with Crippen LogP contribution in [0.5, 0.6) is 0 Å². The molecule has 0 N–H and O–H groups in total. The van der Waals surface area contributed by atoms with Gasteiger partial charge in [0.25, 0.3) is 0 Å². The first-order valence-electron chi connectivity index (χ1n) is 3.43. The Balaban J connectivity index is 3.66. The van der Waals surface area contributed by atoms with Crippen LogP contribution in [0, 0.1) is 0 Å². The van der Waals surface area contributed by atoms with Crippen molar-refractivity contribution in [2.24, 2.45) is 5.16 Å². The molecule has 0 bridgehead atoms. The standard InChI is InChI=1S/C7H13NO3/c1-4-11-7(9)5-6(2)8-10-3/h4-5H2,1-3H3/b8-6-. The van der Waals surface area contributed by atoms with Gasteiger partial charge in [-0.1, -0.05) is 5.16 Å². The summed E-state index contributed by atoms with van der Waals surface area (Å²) in [5, 5.41) is 3.56. The largest absolute Gasteiger partial charge is 0.466 e. The zero-order valence-corrected chi connectivity index (χ0v) is 7.09. The Bertz CT molecular complexity index is 154. The van der Waals surface area contributed by atoms with Crippen molar-refractivity contribution in [2.45, 2.75) is 20.3 Å². The summed E-state index contributed by atoms with van der Waals surface area (Å²) >= 11 is 0. The van der Waals surface area contributed by atoms with Crippen molar-refractivity contribution in [3.8, 4) is 0 Å². The number of ether oxygens (including phenoxy) is 1. The highest BCUT2D eigenvalue weighted by molar-refractivity contribution is 5.97. The molecular weight excluding hydrogens is 146 g/mol. The van der Waals surface area contributed by atoms with E-state index in [2.05, 4.69) is 14.7 Å². The van der Waals surface area contributed by atoms with Crippen LogP contribution in [0.25, 0.3) is 0 Å². The lowest BCUT2D eigenvalue weighted by Crippen LogP contribution is -2.08. The monoisotopic (exact) mass is 159 g/mol. The third kappa shape index (κ3) is 5.39. The Morgan fingerprint density at radius 1 is 1.55 bits per heavy atom. The summed E-state index contributed by atoms with van der Waals surface area (Å²) in [6.45, 7) is 3.88. The van der Waals surface area contributed by atoms with Crippen molar-refractivity contribution in [3.63, 3.8) is 0 Å². The lowest BCUT2D eigenvalue weighted by Gasteiger charge is -1.99. The number of carbonyl (C=O) groups excluding carboxylic acids is 1. The minimum atomic E-state index is -0.272. The average molecular weight is 159 g/mol. The van der Waals surface area contributed by atoms with Crippen molar-refractivity contribution >= 4 is 11.7 Å². The molecular formula is C7H13NO3. The predicted molar refractivity (Wildman–Crippen MR) is 41.4 cm³/mol. The molecule has 0 aromatic rings. The Labute approximate surface area is 66.2 Å². The van der Waals surface area contributed by atoms with Gasteiger partial charge in [0.2, 0.25) is 0 Å². The Morgan fingerprint density at radius 3 is 2.64 bits per heavy atom. The average Bonchev–Trinajstić information content (AvgIpc) is 1.87. The third-order valence-corrected chi connectivity index (χ3v) is 0.953. The number of hydrogen-bond acceptors (Lipinski definition) is 4. The SMILES string of the molecule is CCOC(=O)C/C(C)=N\OC. The van der Waals surface area contributed by atoms with Gasteiger partial charge in [-0.2, -0.15) is 0 Å². The highest BCUT2D eigenvalue weighted by Gasteiger charge is 2.03. The van der Waals surface area contributed by atoms with E-state index in [1.165, 1.54) is 7.11 Å². The van der Waals surface area contributed by atoms with Gasteiger partial charge in [0, 0.05) is 0 Å². The second-order valence-electron chi connectivity index (χ2n) is 1.99. The second kappa shape index (κ2) is 5.70. The van der Waals surface area contributed by atoms with E-state index in [1.54, 1.807) is 13.8 Å². The summed E-state index contributed by atoms with van der Waals surface area (Å²) in [5.41, 5.74) is 0.617. The van der Waals surface area contributed by atoms with Crippen LogP contribution in [-0.2, 0) is 14.4 Å². The molecule has 0 aliphatic carbocycles. The summed E-state index contributed by atoms with van der Waals surface area (Å²) in [7, 11) is 1.44. The third-order valence-electron chi connectivity index (χ3n) is 0.953. The highest BCUT2D eigenvalue weighted by Crippen LogP contribution is 1.90. The molecule has 0 unspecified atom stereocenters. The number of hydrogen-bond donors (Lipinski definition) is 0. The van der Waals surface area contributed by atoms with E-state index < -0.39 is 0 Å². The van der Waals surface area contributed by atoms with E-state index in [9.17, 15) is 4.79 Å². The molecule has 0 aromatic carbocycles. The van der Waals surface area contributed by atoms with Crippen molar-refractivity contribution in [1.29, 1.82) is 0 Å². The zero-order valence-electron chi connectivity index (χ0n) is 7.09. The zero-order chi connectivity index (χ0) is 8.69. The van der Waals surface area contributed by atoms with Gasteiger partial charge in [0.15, 0.2) is 0 Å². The van der Waals surface area contributed by atoms with Crippen molar-refractivity contribution < 1.29 is 14.4 Å². The lowest BCUT2D eigenvalue weighted by atomic mass is 10.3. The molecule has 11 heavy (non-hydrogen) atoms. The summed E-state index contributed by atoms with van der Waals surface area (Å²) in [5.74, 6) is -0.272. The van der Waals surface area contributed by atoms with E-state index >= 15 is 0 Å². The maximum atomic E-state index is 10.8. The molecule has 0 aliphatic rings. The molecule has 0 saturated heterocycles. The molecule has 0 spiro atoms. The van der Waals surface area contributed by atoms with Gasteiger partial charge in [-0.25, -0.2) is 0 Å². The highest BCUT2D eigenvalue weighted by atomic mass is 16.6. The van der Waals surface area contributed by atoms with E-state index in [-0.39, 0.29) is 12.4 Å². The Morgan fingerprint density at radius 2 is 2.18 bits per heavy atom. The van der Waals surface area contributed by atoms with E-state index in [0.717, 1.165) is 0 Å². The summed E-state index contributed by atoms with van der Waals surface area (Å²) in [4.78, 5) is 15.2. The Kier molecular flexibility index (Phi) is 5.15. The quantitative estimate of drug-likeness (QED) is 0.349. The van der Waals surface area contributed by atoms with E-state index in [1.807, 2.05) is 0 Å². The fourth-order valence-corrected chi connectivity index (χ4v) is 0.609. The number of nitrogens with zero attached hydrogens (tertiary/aromatic N) is 1. The molecule has 0 saturated carbocycles. The van der Waals surface area contributed by atoms with Gasteiger partial charge in [-0.05, 0) is 13.8 Å². The van der Waals surface area contributed by atoms with Crippen LogP contribution in [0.3, 0.4) is 0 Å². The molecule has 4 heteroatoms. The van der Waals surface area contributed by atoms with Gasteiger partial charge in [-0.15, -0.1) is 0 Å². The van der Waals surface area contributed by atoms with Crippen LogP contribution in [0.2, 0.25) is 0 Å². The molecule has 0 amide bonds. The Hall–Kier alpha value is -1.06. The summed E-state index contributed by atoms with van der Waals surface area (Å²) in [6.07, 6.45) is 0.196. The minimum Gasteiger partial charge on any atom is -0.466 e. The molecule has 4 nitrogen and oxygen atoms in total. The maximum absolute atomic E-state index is 10.8. The first-order chi connectivity index (χ1) is 5.20. The lowest BCUT2D eigenvalue weighted by molar-refractivity contribution is -0.141. The minimum absolute atomic E-state index is 0.196. The van der Waals surface area contributed by atoms with Crippen LogP contribution in [0.4, 0.5) is 0 Å². The molecule has 0 fully saturated rings. The van der Waals surface area contributed by atoms with Crippen LogP contribution >= 0.6 is 0 Å². The number of carbonyl (C=O) groups is 1. The molecule has 0 heterocycles. The smallest absolute Gasteiger partial charge is 0.311 e.